The SMILES string of the molecule is C=C(Nc1ccccc1C(=O)OC)c1coc(N2CC[C@@H](Oc3ncccn3)[C@@H](F)C2)n1. The lowest BCUT2D eigenvalue weighted by molar-refractivity contribution is 0.0602. The minimum atomic E-state index is -1.27. The highest BCUT2D eigenvalue weighted by Gasteiger charge is 2.33. The Balaban J connectivity index is 1.39. The van der Waals surface area contributed by atoms with Crippen molar-refractivity contribution in [3.05, 3.63) is 66.8 Å². The Bertz CT molecular complexity index is 1090. The summed E-state index contributed by atoms with van der Waals surface area (Å²) in [4.78, 5) is 26.0. The molecule has 3 heterocycles. The van der Waals surface area contributed by atoms with Crippen LogP contribution in [0.2, 0.25) is 0 Å². The predicted octanol–water partition coefficient (Wildman–Crippen LogP) is 3.33. The van der Waals surface area contributed by atoms with Gasteiger partial charge in [-0.05, 0) is 18.2 Å². The Morgan fingerprint density at radius 1 is 1.28 bits per heavy atom. The van der Waals surface area contributed by atoms with E-state index in [0.29, 0.717) is 35.6 Å². The van der Waals surface area contributed by atoms with Crippen molar-refractivity contribution in [2.45, 2.75) is 18.7 Å². The third-order valence-electron chi connectivity index (χ3n) is 4.97. The van der Waals surface area contributed by atoms with Crippen molar-refractivity contribution in [1.29, 1.82) is 0 Å². The molecular weight excluding hydrogens is 417 g/mol. The van der Waals surface area contributed by atoms with E-state index < -0.39 is 18.2 Å². The monoisotopic (exact) mass is 439 g/mol. The maximum Gasteiger partial charge on any atom is 0.339 e. The van der Waals surface area contributed by atoms with Gasteiger partial charge in [0.15, 0.2) is 6.17 Å². The molecule has 0 radical (unpaired) electrons. The van der Waals surface area contributed by atoms with Crippen molar-refractivity contribution in [2.75, 3.05) is 30.4 Å². The van der Waals surface area contributed by atoms with Crippen LogP contribution < -0.4 is 15.0 Å². The molecule has 1 aliphatic heterocycles. The molecule has 0 amide bonds. The Kier molecular flexibility index (Phi) is 6.29. The van der Waals surface area contributed by atoms with Crippen LogP contribution in [0.25, 0.3) is 5.70 Å². The van der Waals surface area contributed by atoms with Gasteiger partial charge >= 0.3 is 12.0 Å². The van der Waals surface area contributed by atoms with Crippen molar-refractivity contribution in [1.82, 2.24) is 15.0 Å². The molecule has 1 N–H and O–H groups in total. The zero-order chi connectivity index (χ0) is 22.5. The number of rotatable bonds is 7. The second-order valence-corrected chi connectivity index (χ2v) is 7.09. The fourth-order valence-electron chi connectivity index (χ4n) is 3.33. The highest BCUT2D eigenvalue weighted by Crippen LogP contribution is 2.26. The van der Waals surface area contributed by atoms with E-state index in [0.717, 1.165) is 0 Å². The number of ether oxygens (including phenoxy) is 2. The first-order chi connectivity index (χ1) is 15.5. The van der Waals surface area contributed by atoms with Gasteiger partial charge in [-0.2, -0.15) is 4.98 Å². The number of carbonyl (C=O) groups excluding carboxylic acids is 1. The van der Waals surface area contributed by atoms with E-state index >= 15 is 0 Å². The van der Waals surface area contributed by atoms with Gasteiger partial charge in [0.05, 0.1) is 30.6 Å². The van der Waals surface area contributed by atoms with Gasteiger partial charge in [-0.15, -0.1) is 0 Å². The molecule has 0 bridgehead atoms. The Morgan fingerprint density at radius 3 is 2.81 bits per heavy atom. The van der Waals surface area contributed by atoms with Crippen molar-refractivity contribution in [3.63, 3.8) is 0 Å². The highest BCUT2D eigenvalue weighted by atomic mass is 19.1. The molecule has 1 aliphatic rings. The van der Waals surface area contributed by atoms with Gasteiger partial charge in [0.1, 0.15) is 18.1 Å². The van der Waals surface area contributed by atoms with Crippen LogP contribution in [0, 0.1) is 0 Å². The van der Waals surface area contributed by atoms with Gasteiger partial charge in [-0.3, -0.25) is 0 Å². The number of piperidine rings is 1. The molecule has 2 atom stereocenters. The fraction of sp³-hybridized carbons (Fsp3) is 0.273. The molecule has 0 aliphatic carbocycles. The number of para-hydroxylation sites is 1. The molecule has 1 aromatic carbocycles. The molecule has 2 aromatic heterocycles. The molecule has 10 heteroatoms. The summed E-state index contributed by atoms with van der Waals surface area (Å²) in [6, 6.07) is 8.99. The molecule has 0 saturated carbocycles. The molecule has 9 nitrogen and oxygen atoms in total. The lowest BCUT2D eigenvalue weighted by atomic mass is 10.1. The zero-order valence-corrected chi connectivity index (χ0v) is 17.4. The van der Waals surface area contributed by atoms with E-state index in [-0.39, 0.29) is 18.6 Å². The van der Waals surface area contributed by atoms with Gasteiger partial charge < -0.3 is 24.1 Å². The van der Waals surface area contributed by atoms with Gasteiger partial charge in [0.2, 0.25) is 0 Å². The third kappa shape index (κ3) is 4.69. The van der Waals surface area contributed by atoms with Crippen LogP contribution in [0.15, 0.2) is 60.0 Å². The number of carbonyl (C=O) groups is 1. The number of halogens is 1. The number of aromatic nitrogens is 3. The fourth-order valence-corrected chi connectivity index (χ4v) is 3.33. The minimum absolute atomic E-state index is 0.0581. The summed E-state index contributed by atoms with van der Waals surface area (Å²) in [5.41, 5.74) is 1.75. The van der Waals surface area contributed by atoms with Gasteiger partial charge in [0.25, 0.3) is 6.01 Å². The summed E-state index contributed by atoms with van der Waals surface area (Å²) in [6.07, 6.45) is 3.03. The topological polar surface area (TPSA) is 103 Å². The standard InChI is InChI=1S/C22H22FN5O4/c1-14(26-17-7-4-3-6-15(17)20(29)30-2)18-13-31-22(27-18)28-11-8-19(16(23)12-28)32-21-24-9-5-10-25-21/h3-7,9-10,13,16,19,26H,1,8,11-12H2,2H3/t16-,19+/m0/s1. The first kappa shape index (κ1) is 21.3. The molecule has 1 saturated heterocycles. The highest BCUT2D eigenvalue weighted by molar-refractivity contribution is 5.97. The Hall–Kier alpha value is -3.95. The molecule has 0 unspecified atom stereocenters. The van der Waals surface area contributed by atoms with Gasteiger partial charge in [-0.1, -0.05) is 18.7 Å². The number of nitrogens with one attached hydrogen (secondary N) is 1. The summed E-state index contributed by atoms with van der Waals surface area (Å²) in [7, 11) is 1.32. The maximum absolute atomic E-state index is 14.7. The smallest absolute Gasteiger partial charge is 0.339 e. The van der Waals surface area contributed by atoms with Gasteiger partial charge in [-0.25, -0.2) is 19.2 Å². The number of hydrogen-bond acceptors (Lipinski definition) is 9. The predicted molar refractivity (Wildman–Crippen MR) is 115 cm³/mol. The summed E-state index contributed by atoms with van der Waals surface area (Å²) in [5, 5.41) is 3.06. The molecule has 0 spiro atoms. The number of methoxy groups -OCH3 is 1. The van der Waals surface area contributed by atoms with E-state index in [1.165, 1.54) is 13.4 Å². The lowest BCUT2D eigenvalue weighted by Gasteiger charge is -2.33. The third-order valence-corrected chi connectivity index (χ3v) is 4.97. The quantitative estimate of drug-likeness (QED) is 0.555. The van der Waals surface area contributed by atoms with Crippen LogP contribution in [0.5, 0.6) is 6.01 Å². The molecule has 32 heavy (non-hydrogen) atoms. The summed E-state index contributed by atoms with van der Waals surface area (Å²) >= 11 is 0. The normalized spacial score (nSPS) is 18.1. The number of benzene rings is 1. The van der Waals surface area contributed by atoms with Crippen molar-refractivity contribution < 1.29 is 23.1 Å². The van der Waals surface area contributed by atoms with Crippen molar-refractivity contribution in [2.24, 2.45) is 0 Å². The zero-order valence-electron chi connectivity index (χ0n) is 17.4. The Morgan fingerprint density at radius 2 is 2.06 bits per heavy atom. The van der Waals surface area contributed by atoms with Crippen LogP contribution >= 0.6 is 0 Å². The van der Waals surface area contributed by atoms with Crippen LogP contribution in [-0.4, -0.2) is 53.4 Å². The average Bonchev–Trinajstić information content (AvgIpc) is 3.31. The van der Waals surface area contributed by atoms with E-state index in [4.69, 9.17) is 13.9 Å². The average molecular weight is 439 g/mol. The first-order valence-corrected chi connectivity index (χ1v) is 9.97. The second-order valence-electron chi connectivity index (χ2n) is 7.09. The van der Waals surface area contributed by atoms with Crippen LogP contribution in [0.1, 0.15) is 22.5 Å². The first-order valence-electron chi connectivity index (χ1n) is 9.97. The number of esters is 1. The van der Waals surface area contributed by atoms with Crippen LogP contribution in [0.4, 0.5) is 16.1 Å². The largest absolute Gasteiger partial charge is 0.465 e. The minimum Gasteiger partial charge on any atom is -0.465 e. The number of nitrogens with zero attached hydrogens (tertiary/aromatic N) is 4. The lowest BCUT2D eigenvalue weighted by Crippen LogP contribution is -2.47. The van der Waals surface area contributed by atoms with Crippen LogP contribution in [0.3, 0.4) is 0 Å². The van der Waals surface area contributed by atoms with E-state index in [1.807, 2.05) is 0 Å². The van der Waals surface area contributed by atoms with Crippen molar-refractivity contribution >= 4 is 23.4 Å². The van der Waals surface area contributed by atoms with E-state index in [1.54, 1.807) is 47.6 Å². The van der Waals surface area contributed by atoms with Gasteiger partial charge in [0, 0.05) is 25.4 Å². The number of alkyl halides is 1. The summed E-state index contributed by atoms with van der Waals surface area (Å²) in [5.74, 6) is -0.471. The maximum atomic E-state index is 14.7. The van der Waals surface area contributed by atoms with E-state index in [2.05, 4.69) is 26.8 Å². The molecule has 3 aromatic rings. The molecule has 166 valence electrons. The molecule has 4 rings (SSSR count). The van der Waals surface area contributed by atoms with E-state index in [9.17, 15) is 9.18 Å². The summed E-state index contributed by atoms with van der Waals surface area (Å²) < 4.78 is 30.6. The number of oxazole rings is 1. The number of hydrogen-bond donors (Lipinski definition) is 1. The summed E-state index contributed by atoms with van der Waals surface area (Å²) in [6.45, 7) is 4.51. The van der Waals surface area contributed by atoms with Crippen LogP contribution in [-0.2, 0) is 4.74 Å². The molecule has 1 fully saturated rings. The number of anilines is 2. The molecular formula is C22H22FN5O4. The van der Waals surface area contributed by atoms with Crippen molar-refractivity contribution in [3.8, 4) is 6.01 Å². The Labute approximate surface area is 183 Å². The second kappa shape index (κ2) is 9.46.